The van der Waals surface area contributed by atoms with Gasteiger partial charge in [0.2, 0.25) is 15.9 Å². The Balaban J connectivity index is 2.52. The van der Waals surface area contributed by atoms with E-state index in [1.165, 1.54) is 0 Å². The van der Waals surface area contributed by atoms with Crippen molar-refractivity contribution < 1.29 is 27.1 Å². The number of primary amides is 1. The third-order valence-corrected chi connectivity index (χ3v) is 5.13. The molecule has 1 aliphatic rings. The normalized spacial score (nSPS) is 23.4. The second-order valence-corrected chi connectivity index (χ2v) is 6.51. The van der Waals surface area contributed by atoms with Crippen LogP contribution in [0, 0.1) is 11.6 Å². The molecule has 116 valence electrons. The SMILES string of the molecule is NC(=O)C1CC(O)CN1S(=O)(=O)c1ccc(F)c(N)c1F. The number of nitrogens with zero attached hydrogens (tertiary/aromatic N) is 1. The van der Waals surface area contributed by atoms with E-state index in [-0.39, 0.29) is 6.42 Å². The van der Waals surface area contributed by atoms with Crippen LogP contribution >= 0.6 is 0 Å². The van der Waals surface area contributed by atoms with Crippen molar-refractivity contribution in [3.8, 4) is 0 Å². The molecule has 2 rings (SSSR count). The first-order chi connectivity index (χ1) is 9.66. The Labute approximate surface area is 119 Å². The monoisotopic (exact) mass is 321 g/mol. The van der Waals surface area contributed by atoms with E-state index in [0.29, 0.717) is 16.4 Å². The van der Waals surface area contributed by atoms with E-state index < -0.39 is 56.8 Å². The molecule has 0 saturated carbocycles. The number of nitrogens with two attached hydrogens (primary N) is 2. The van der Waals surface area contributed by atoms with Gasteiger partial charge < -0.3 is 16.6 Å². The van der Waals surface area contributed by atoms with Gasteiger partial charge in [-0.25, -0.2) is 17.2 Å². The molecule has 0 radical (unpaired) electrons. The number of halogens is 2. The molecule has 1 heterocycles. The van der Waals surface area contributed by atoms with Gasteiger partial charge in [0, 0.05) is 13.0 Å². The number of aliphatic hydroxyl groups is 1. The Bertz CT molecular complexity index is 695. The van der Waals surface area contributed by atoms with Gasteiger partial charge in [-0.2, -0.15) is 4.31 Å². The standard InChI is InChI=1S/C11H13F2N3O4S/c12-6-1-2-8(9(13)10(6)14)21(19,20)16-4-5(17)3-7(16)11(15)18/h1-2,5,7,17H,3-4,14H2,(H2,15,18). The fraction of sp³-hybridized carbons (Fsp3) is 0.364. The largest absolute Gasteiger partial charge is 0.394 e. The van der Waals surface area contributed by atoms with Crippen molar-refractivity contribution in [2.75, 3.05) is 12.3 Å². The van der Waals surface area contributed by atoms with Crippen LogP contribution in [0.4, 0.5) is 14.5 Å². The lowest BCUT2D eigenvalue weighted by atomic mass is 10.2. The molecule has 2 atom stereocenters. The lowest BCUT2D eigenvalue weighted by Crippen LogP contribution is -2.43. The first kappa shape index (κ1) is 15.6. The summed E-state index contributed by atoms with van der Waals surface area (Å²) in [5, 5.41) is 9.50. The van der Waals surface area contributed by atoms with E-state index in [1.54, 1.807) is 0 Å². The number of benzene rings is 1. The Morgan fingerprint density at radius 1 is 1.38 bits per heavy atom. The highest BCUT2D eigenvalue weighted by atomic mass is 32.2. The van der Waals surface area contributed by atoms with E-state index in [4.69, 9.17) is 11.5 Å². The van der Waals surface area contributed by atoms with Gasteiger partial charge in [0.05, 0.1) is 6.10 Å². The number of nitrogen functional groups attached to an aromatic ring is 1. The molecule has 1 fully saturated rings. The molecule has 1 saturated heterocycles. The minimum atomic E-state index is -4.48. The molecule has 7 nitrogen and oxygen atoms in total. The molecule has 21 heavy (non-hydrogen) atoms. The predicted molar refractivity (Wildman–Crippen MR) is 68.3 cm³/mol. The molecule has 1 aromatic rings. The Morgan fingerprint density at radius 3 is 2.57 bits per heavy atom. The zero-order chi connectivity index (χ0) is 15.9. The minimum absolute atomic E-state index is 0.188. The van der Waals surface area contributed by atoms with Crippen molar-refractivity contribution in [3.63, 3.8) is 0 Å². The Morgan fingerprint density at radius 2 is 2.00 bits per heavy atom. The smallest absolute Gasteiger partial charge is 0.246 e. The maximum Gasteiger partial charge on any atom is 0.246 e. The maximum atomic E-state index is 13.9. The number of carbonyl (C=O) groups is 1. The molecule has 1 aliphatic heterocycles. The number of anilines is 1. The maximum absolute atomic E-state index is 13.9. The molecule has 0 spiro atoms. The number of aliphatic hydroxyl groups excluding tert-OH is 1. The third kappa shape index (κ3) is 2.57. The minimum Gasteiger partial charge on any atom is -0.394 e. The van der Waals surface area contributed by atoms with Crippen molar-refractivity contribution in [1.29, 1.82) is 0 Å². The van der Waals surface area contributed by atoms with Crippen molar-refractivity contribution in [2.45, 2.75) is 23.5 Å². The lowest BCUT2D eigenvalue weighted by molar-refractivity contribution is -0.121. The van der Waals surface area contributed by atoms with Crippen LogP contribution in [-0.4, -0.2) is 42.4 Å². The average Bonchev–Trinajstić information content (AvgIpc) is 2.79. The summed E-state index contributed by atoms with van der Waals surface area (Å²) in [6.45, 7) is -0.410. The average molecular weight is 321 g/mol. The molecule has 0 aromatic heterocycles. The number of amides is 1. The van der Waals surface area contributed by atoms with Gasteiger partial charge in [-0.05, 0) is 12.1 Å². The topological polar surface area (TPSA) is 127 Å². The van der Waals surface area contributed by atoms with Crippen molar-refractivity contribution in [3.05, 3.63) is 23.8 Å². The molecule has 1 aromatic carbocycles. The number of β-amino-alcohol motifs (C(OH)–C–C–N with tert-alkyl or cyclic N) is 1. The fourth-order valence-electron chi connectivity index (χ4n) is 2.18. The third-order valence-electron chi connectivity index (χ3n) is 3.24. The van der Waals surface area contributed by atoms with Gasteiger partial charge in [-0.15, -0.1) is 0 Å². The molecule has 0 aliphatic carbocycles. The zero-order valence-electron chi connectivity index (χ0n) is 10.7. The highest BCUT2D eigenvalue weighted by molar-refractivity contribution is 7.89. The van der Waals surface area contributed by atoms with Crippen molar-refractivity contribution in [1.82, 2.24) is 4.31 Å². The predicted octanol–water partition coefficient (Wildman–Crippen LogP) is -0.844. The summed E-state index contributed by atoms with van der Waals surface area (Å²) in [7, 11) is -4.48. The molecule has 1 amide bonds. The van der Waals surface area contributed by atoms with Gasteiger partial charge >= 0.3 is 0 Å². The number of carbonyl (C=O) groups excluding carboxylic acids is 1. The molecule has 0 bridgehead atoms. The first-order valence-corrected chi connectivity index (χ1v) is 7.33. The summed E-state index contributed by atoms with van der Waals surface area (Å²) >= 11 is 0. The highest BCUT2D eigenvalue weighted by Gasteiger charge is 2.43. The van der Waals surface area contributed by atoms with Crippen LogP contribution in [0.3, 0.4) is 0 Å². The van der Waals surface area contributed by atoms with Gasteiger partial charge in [0.25, 0.3) is 0 Å². The summed E-state index contributed by atoms with van der Waals surface area (Å²) in [5.74, 6) is -3.51. The van der Waals surface area contributed by atoms with Crippen LogP contribution in [-0.2, 0) is 14.8 Å². The van der Waals surface area contributed by atoms with E-state index in [1.807, 2.05) is 0 Å². The number of hydrogen-bond donors (Lipinski definition) is 3. The van der Waals surface area contributed by atoms with Crippen LogP contribution in [0.5, 0.6) is 0 Å². The van der Waals surface area contributed by atoms with E-state index in [9.17, 15) is 27.1 Å². The summed E-state index contributed by atoms with van der Waals surface area (Å²) in [6, 6.07) is 0.117. The Hall–Kier alpha value is -1.78. The molecular weight excluding hydrogens is 308 g/mol. The zero-order valence-corrected chi connectivity index (χ0v) is 11.5. The summed E-state index contributed by atoms with van der Waals surface area (Å²) in [4.78, 5) is 10.4. The van der Waals surface area contributed by atoms with Crippen molar-refractivity contribution >= 4 is 21.6 Å². The van der Waals surface area contributed by atoms with Gasteiger partial charge in [0.1, 0.15) is 22.4 Å². The summed E-state index contributed by atoms with van der Waals surface area (Å²) < 4.78 is 52.3. The summed E-state index contributed by atoms with van der Waals surface area (Å²) in [6.07, 6.45) is -1.29. The Kier molecular flexibility index (Phi) is 3.87. The fourth-order valence-corrected chi connectivity index (χ4v) is 3.91. The lowest BCUT2D eigenvalue weighted by Gasteiger charge is -2.21. The summed E-state index contributed by atoms with van der Waals surface area (Å²) in [5.41, 5.74) is 9.27. The number of hydrogen-bond acceptors (Lipinski definition) is 5. The molecular formula is C11H13F2N3O4S. The number of sulfonamides is 1. The van der Waals surface area contributed by atoms with E-state index in [2.05, 4.69) is 0 Å². The molecule has 10 heteroatoms. The van der Waals surface area contributed by atoms with Gasteiger partial charge in [-0.3, -0.25) is 4.79 Å². The van der Waals surface area contributed by atoms with Gasteiger partial charge in [0.15, 0.2) is 5.82 Å². The molecule has 5 N–H and O–H groups in total. The van der Waals surface area contributed by atoms with Crippen LogP contribution in [0.25, 0.3) is 0 Å². The van der Waals surface area contributed by atoms with Crippen LogP contribution in [0.2, 0.25) is 0 Å². The number of rotatable bonds is 3. The van der Waals surface area contributed by atoms with Crippen molar-refractivity contribution in [2.24, 2.45) is 5.73 Å². The quantitative estimate of drug-likeness (QED) is 0.625. The van der Waals surface area contributed by atoms with Crippen LogP contribution in [0.15, 0.2) is 17.0 Å². The highest BCUT2D eigenvalue weighted by Crippen LogP contribution is 2.30. The van der Waals surface area contributed by atoms with E-state index in [0.717, 1.165) is 0 Å². The second-order valence-electron chi connectivity index (χ2n) is 4.66. The van der Waals surface area contributed by atoms with E-state index >= 15 is 0 Å². The second kappa shape index (κ2) is 5.20. The van der Waals surface area contributed by atoms with Gasteiger partial charge in [-0.1, -0.05) is 0 Å². The molecule has 2 unspecified atom stereocenters. The van der Waals surface area contributed by atoms with Crippen LogP contribution < -0.4 is 11.5 Å². The first-order valence-electron chi connectivity index (χ1n) is 5.89. The van der Waals surface area contributed by atoms with Crippen LogP contribution in [0.1, 0.15) is 6.42 Å².